The highest BCUT2D eigenvalue weighted by molar-refractivity contribution is 7.80. The van der Waals surface area contributed by atoms with Crippen LogP contribution < -0.4 is 0 Å². The van der Waals surface area contributed by atoms with E-state index in [9.17, 15) is 14.9 Å². The smallest absolute Gasteiger partial charge is 0.308 e. The molecule has 0 unspecified atom stereocenters. The quantitative estimate of drug-likeness (QED) is 0.470. The van der Waals surface area contributed by atoms with Crippen molar-refractivity contribution in [2.24, 2.45) is 0 Å². The van der Waals surface area contributed by atoms with Crippen LogP contribution in [0.3, 0.4) is 0 Å². The molecule has 0 atom stereocenters. The second-order valence-corrected chi connectivity index (χ2v) is 3.36. The summed E-state index contributed by atoms with van der Waals surface area (Å²) in [5, 5.41) is 28.0. The molecule has 1 rings (SSSR count). The second-order valence-electron chi connectivity index (χ2n) is 2.91. The van der Waals surface area contributed by atoms with Crippen LogP contribution in [0.5, 0.6) is 0 Å². The number of carbonyl (C=O) groups is 1. The number of hydrogen-bond acceptors (Lipinski definition) is 5. The predicted molar refractivity (Wildman–Crippen MR) is 56.4 cm³/mol. The highest BCUT2D eigenvalue weighted by Crippen LogP contribution is 2.30. The second kappa shape index (κ2) is 4.63. The van der Waals surface area contributed by atoms with Gasteiger partial charge in [-0.15, -0.1) is 12.6 Å². The molecular formula is C9H6N2O4S. The van der Waals surface area contributed by atoms with Gasteiger partial charge in [-0.05, 0) is 6.07 Å². The molecule has 1 aromatic rings. The molecule has 0 aliphatic rings. The van der Waals surface area contributed by atoms with Crippen molar-refractivity contribution in [1.82, 2.24) is 0 Å². The van der Waals surface area contributed by atoms with Crippen molar-refractivity contribution in [3.05, 3.63) is 33.4 Å². The predicted octanol–water partition coefficient (Wildman–Crippen LogP) is 1.38. The van der Waals surface area contributed by atoms with Crippen LogP contribution in [0.15, 0.2) is 17.0 Å². The van der Waals surface area contributed by atoms with Crippen LogP contribution in [0, 0.1) is 21.4 Å². The van der Waals surface area contributed by atoms with E-state index in [2.05, 4.69) is 12.6 Å². The minimum Gasteiger partial charge on any atom is -0.481 e. The molecule has 0 radical (unpaired) electrons. The molecule has 0 amide bonds. The van der Waals surface area contributed by atoms with Gasteiger partial charge in [-0.1, -0.05) is 6.07 Å². The molecule has 0 bridgehead atoms. The van der Waals surface area contributed by atoms with E-state index in [-0.39, 0.29) is 16.0 Å². The zero-order valence-electron chi connectivity index (χ0n) is 7.88. The van der Waals surface area contributed by atoms with Crippen LogP contribution in [0.25, 0.3) is 0 Å². The van der Waals surface area contributed by atoms with Gasteiger partial charge in [-0.25, -0.2) is 0 Å². The van der Waals surface area contributed by atoms with E-state index in [1.807, 2.05) is 0 Å². The molecule has 1 aromatic carbocycles. The van der Waals surface area contributed by atoms with Crippen molar-refractivity contribution in [2.75, 3.05) is 0 Å². The van der Waals surface area contributed by atoms with Crippen molar-refractivity contribution in [1.29, 1.82) is 5.26 Å². The highest BCUT2D eigenvalue weighted by Gasteiger charge is 2.22. The number of carboxylic acids is 1. The van der Waals surface area contributed by atoms with Gasteiger partial charge in [0.15, 0.2) is 0 Å². The van der Waals surface area contributed by atoms with Crippen LogP contribution in [0.4, 0.5) is 5.69 Å². The Morgan fingerprint density at radius 3 is 2.69 bits per heavy atom. The van der Waals surface area contributed by atoms with Crippen molar-refractivity contribution >= 4 is 24.3 Å². The third-order valence-electron chi connectivity index (χ3n) is 1.88. The van der Waals surface area contributed by atoms with Crippen molar-refractivity contribution < 1.29 is 14.8 Å². The zero-order chi connectivity index (χ0) is 12.3. The number of carboxylic acid groups (broad SMARTS) is 1. The standard InChI is InChI=1S/C9H6N2O4S/c10-4-6-2-1-5(3-7(12)13)8(9(6)16)11(14)15/h1-2,16H,3H2,(H,12,13). The number of nitriles is 1. The van der Waals surface area contributed by atoms with Gasteiger partial charge >= 0.3 is 5.97 Å². The molecule has 0 fully saturated rings. The summed E-state index contributed by atoms with van der Waals surface area (Å²) in [6.07, 6.45) is -0.477. The molecule has 0 heterocycles. The summed E-state index contributed by atoms with van der Waals surface area (Å²) in [5.41, 5.74) is -0.351. The number of benzene rings is 1. The van der Waals surface area contributed by atoms with Crippen molar-refractivity contribution in [3.8, 4) is 6.07 Å². The summed E-state index contributed by atoms with van der Waals surface area (Å²) in [7, 11) is 0. The Morgan fingerprint density at radius 2 is 2.25 bits per heavy atom. The normalized spacial score (nSPS) is 9.50. The van der Waals surface area contributed by atoms with E-state index in [1.165, 1.54) is 12.1 Å². The molecule has 0 spiro atoms. The summed E-state index contributed by atoms with van der Waals surface area (Å²) in [4.78, 5) is 20.4. The third kappa shape index (κ3) is 2.29. The first-order chi connectivity index (χ1) is 7.47. The van der Waals surface area contributed by atoms with Crippen LogP contribution in [-0.2, 0) is 11.2 Å². The number of thiol groups is 1. The van der Waals surface area contributed by atoms with Crippen LogP contribution in [-0.4, -0.2) is 16.0 Å². The van der Waals surface area contributed by atoms with Gasteiger partial charge in [0.1, 0.15) is 11.0 Å². The fraction of sp³-hybridized carbons (Fsp3) is 0.111. The SMILES string of the molecule is N#Cc1ccc(CC(=O)O)c([N+](=O)[O-])c1S. The van der Waals surface area contributed by atoms with E-state index in [4.69, 9.17) is 10.4 Å². The third-order valence-corrected chi connectivity index (χ3v) is 2.33. The first-order valence-corrected chi connectivity index (χ1v) is 4.53. The molecular weight excluding hydrogens is 232 g/mol. The molecule has 0 aliphatic carbocycles. The minimum absolute atomic E-state index is 0.0292. The van der Waals surface area contributed by atoms with Gasteiger partial charge in [0.05, 0.1) is 16.9 Å². The van der Waals surface area contributed by atoms with Gasteiger partial charge < -0.3 is 5.11 Å². The highest BCUT2D eigenvalue weighted by atomic mass is 32.1. The van der Waals surface area contributed by atoms with E-state index >= 15 is 0 Å². The molecule has 0 aliphatic heterocycles. The largest absolute Gasteiger partial charge is 0.481 e. The van der Waals surface area contributed by atoms with Gasteiger partial charge in [-0.3, -0.25) is 14.9 Å². The average molecular weight is 238 g/mol. The number of hydrogen-bond donors (Lipinski definition) is 2. The molecule has 82 valence electrons. The summed E-state index contributed by atoms with van der Waals surface area (Å²) in [5.74, 6) is -1.18. The Labute approximate surface area is 95.7 Å². The summed E-state index contributed by atoms with van der Waals surface area (Å²) in [6.45, 7) is 0. The lowest BCUT2D eigenvalue weighted by atomic mass is 10.1. The van der Waals surface area contributed by atoms with E-state index in [0.29, 0.717) is 0 Å². The molecule has 1 N–H and O–H groups in total. The summed E-state index contributed by atoms with van der Waals surface area (Å²) < 4.78 is 0. The van der Waals surface area contributed by atoms with Crippen molar-refractivity contribution in [2.45, 2.75) is 11.3 Å². The number of nitrogens with zero attached hydrogens (tertiary/aromatic N) is 2. The first-order valence-electron chi connectivity index (χ1n) is 4.08. The van der Waals surface area contributed by atoms with Gasteiger partial charge in [0, 0.05) is 5.56 Å². The average Bonchev–Trinajstić information content (AvgIpc) is 2.16. The molecule has 7 heteroatoms. The lowest BCUT2D eigenvalue weighted by molar-refractivity contribution is -0.388. The van der Waals surface area contributed by atoms with Crippen LogP contribution in [0.2, 0.25) is 0 Å². The number of rotatable bonds is 3. The maximum absolute atomic E-state index is 10.7. The van der Waals surface area contributed by atoms with E-state index in [0.717, 1.165) is 0 Å². The number of aliphatic carboxylic acids is 1. The Hall–Kier alpha value is -2.07. The zero-order valence-corrected chi connectivity index (χ0v) is 8.77. The Morgan fingerprint density at radius 1 is 1.62 bits per heavy atom. The van der Waals surface area contributed by atoms with Gasteiger partial charge in [-0.2, -0.15) is 5.26 Å². The summed E-state index contributed by atoms with van der Waals surface area (Å²) in [6, 6.07) is 4.31. The van der Waals surface area contributed by atoms with Crippen LogP contribution in [0.1, 0.15) is 11.1 Å². The van der Waals surface area contributed by atoms with Crippen molar-refractivity contribution in [3.63, 3.8) is 0 Å². The monoisotopic (exact) mass is 238 g/mol. The number of nitro benzene ring substituents is 1. The first kappa shape index (κ1) is 12.0. The fourth-order valence-corrected chi connectivity index (χ4v) is 1.57. The Bertz CT molecular complexity index is 507. The van der Waals surface area contributed by atoms with Crippen LogP contribution >= 0.6 is 12.6 Å². The maximum Gasteiger partial charge on any atom is 0.308 e. The lowest BCUT2D eigenvalue weighted by Crippen LogP contribution is -2.05. The Balaban J connectivity index is 3.41. The van der Waals surface area contributed by atoms with E-state index in [1.54, 1.807) is 6.07 Å². The number of nitro groups is 1. The Kier molecular flexibility index (Phi) is 3.48. The molecule has 16 heavy (non-hydrogen) atoms. The van der Waals surface area contributed by atoms with E-state index < -0.39 is 23.0 Å². The minimum atomic E-state index is -1.18. The van der Waals surface area contributed by atoms with Gasteiger partial charge in [0.2, 0.25) is 0 Å². The molecule has 0 saturated carbocycles. The topological polar surface area (TPSA) is 104 Å². The lowest BCUT2D eigenvalue weighted by Gasteiger charge is -2.03. The van der Waals surface area contributed by atoms with Gasteiger partial charge in [0.25, 0.3) is 5.69 Å². The fourth-order valence-electron chi connectivity index (χ4n) is 1.22. The molecule has 0 aromatic heterocycles. The maximum atomic E-state index is 10.7. The molecule has 0 saturated heterocycles. The summed E-state index contributed by atoms with van der Waals surface area (Å²) >= 11 is 3.87. The molecule has 6 nitrogen and oxygen atoms in total.